The van der Waals surface area contributed by atoms with E-state index in [-0.39, 0.29) is 0 Å². The van der Waals surface area contributed by atoms with Crippen LogP contribution in [0.25, 0.3) is 10.1 Å². The van der Waals surface area contributed by atoms with Crippen molar-refractivity contribution in [2.24, 2.45) is 5.92 Å². The van der Waals surface area contributed by atoms with Crippen LogP contribution in [0.4, 0.5) is 0 Å². The summed E-state index contributed by atoms with van der Waals surface area (Å²) in [5, 5.41) is 1.37. The van der Waals surface area contributed by atoms with Crippen molar-refractivity contribution in [2.75, 3.05) is 45.8 Å². The minimum atomic E-state index is 0.378. The zero-order chi connectivity index (χ0) is 19.3. The lowest BCUT2D eigenvalue weighted by molar-refractivity contribution is -0.133. The summed E-state index contributed by atoms with van der Waals surface area (Å²) in [6.45, 7) is 10.6. The molecule has 152 valence electrons. The highest BCUT2D eigenvalue weighted by Gasteiger charge is 2.23. The maximum Gasteiger partial charge on any atom is 0.222 e. The van der Waals surface area contributed by atoms with Crippen molar-refractivity contribution in [2.45, 2.75) is 39.2 Å². The molecule has 3 heterocycles. The van der Waals surface area contributed by atoms with Crippen LogP contribution in [0.3, 0.4) is 0 Å². The van der Waals surface area contributed by atoms with Gasteiger partial charge in [0.25, 0.3) is 0 Å². The van der Waals surface area contributed by atoms with Crippen LogP contribution in [0.2, 0.25) is 0 Å². The van der Waals surface area contributed by atoms with E-state index in [1.807, 2.05) is 11.3 Å². The summed E-state index contributed by atoms with van der Waals surface area (Å²) >= 11 is 1.93. The maximum absolute atomic E-state index is 12.5. The van der Waals surface area contributed by atoms with Gasteiger partial charge in [0.1, 0.15) is 0 Å². The fourth-order valence-corrected chi connectivity index (χ4v) is 5.67. The molecule has 0 unspecified atom stereocenters. The number of piperazine rings is 1. The number of hydrogen-bond donors (Lipinski definition) is 0. The molecule has 2 aliphatic rings. The van der Waals surface area contributed by atoms with Gasteiger partial charge in [0.05, 0.1) is 0 Å². The molecule has 0 bridgehead atoms. The number of fused-ring (bicyclic) bond motifs is 1. The summed E-state index contributed by atoms with van der Waals surface area (Å²) in [5.74, 6) is 1.10. The molecule has 0 atom stereocenters. The highest BCUT2D eigenvalue weighted by Crippen LogP contribution is 2.28. The number of carbonyl (C=O) groups is 1. The summed E-state index contributed by atoms with van der Waals surface area (Å²) in [6.07, 6.45) is 4.29. The molecule has 1 amide bonds. The van der Waals surface area contributed by atoms with Gasteiger partial charge in [-0.25, -0.2) is 0 Å². The van der Waals surface area contributed by atoms with Gasteiger partial charge in [0.2, 0.25) is 5.91 Å². The van der Waals surface area contributed by atoms with E-state index in [0.29, 0.717) is 5.91 Å². The van der Waals surface area contributed by atoms with Crippen molar-refractivity contribution >= 4 is 27.3 Å². The second kappa shape index (κ2) is 9.38. The number of hydrogen-bond acceptors (Lipinski definition) is 4. The number of carbonyl (C=O) groups excluding carboxylic acids is 1. The maximum atomic E-state index is 12.5. The predicted octanol–water partition coefficient (Wildman–Crippen LogP) is 4.06. The minimum absolute atomic E-state index is 0.378. The molecular weight excluding hydrogens is 366 g/mol. The molecule has 4 rings (SSSR count). The number of benzene rings is 1. The predicted molar refractivity (Wildman–Crippen MR) is 118 cm³/mol. The molecule has 2 aromatic rings. The third-order valence-electron chi connectivity index (χ3n) is 6.50. The van der Waals surface area contributed by atoms with E-state index in [0.717, 1.165) is 58.0 Å². The Morgan fingerprint density at radius 1 is 1.04 bits per heavy atom. The molecule has 1 aromatic heterocycles. The lowest BCUT2D eigenvalue weighted by Crippen LogP contribution is -2.48. The van der Waals surface area contributed by atoms with E-state index in [2.05, 4.69) is 52.0 Å². The fourth-order valence-electron chi connectivity index (χ4n) is 4.57. The SMILES string of the molecule is CCN1CCN(C(=O)CCC2CCN(Cc3cc4ccccc4s3)CC2)CC1. The van der Waals surface area contributed by atoms with Crippen LogP contribution >= 0.6 is 11.3 Å². The smallest absolute Gasteiger partial charge is 0.222 e. The molecule has 2 saturated heterocycles. The third kappa shape index (κ3) is 4.94. The van der Waals surface area contributed by atoms with Gasteiger partial charge in [-0.05, 0) is 62.3 Å². The number of amides is 1. The van der Waals surface area contributed by atoms with Crippen LogP contribution in [-0.2, 0) is 11.3 Å². The first-order chi connectivity index (χ1) is 13.7. The zero-order valence-corrected chi connectivity index (χ0v) is 17.9. The van der Waals surface area contributed by atoms with Crippen LogP contribution in [0, 0.1) is 5.92 Å². The molecule has 1 aromatic carbocycles. The average Bonchev–Trinajstić information content (AvgIpc) is 3.15. The molecule has 0 spiro atoms. The van der Waals surface area contributed by atoms with E-state index in [1.54, 1.807) is 0 Å². The van der Waals surface area contributed by atoms with Crippen molar-refractivity contribution in [1.29, 1.82) is 0 Å². The molecule has 0 aliphatic carbocycles. The third-order valence-corrected chi connectivity index (χ3v) is 7.60. The van der Waals surface area contributed by atoms with E-state index in [1.165, 1.54) is 40.9 Å². The Hall–Kier alpha value is -1.43. The zero-order valence-electron chi connectivity index (χ0n) is 17.1. The van der Waals surface area contributed by atoms with E-state index in [4.69, 9.17) is 0 Å². The number of rotatable bonds is 6. The Bertz CT molecular complexity index is 740. The highest BCUT2D eigenvalue weighted by atomic mass is 32.1. The highest BCUT2D eigenvalue weighted by molar-refractivity contribution is 7.19. The van der Waals surface area contributed by atoms with Gasteiger partial charge in [-0.3, -0.25) is 9.69 Å². The van der Waals surface area contributed by atoms with E-state index in [9.17, 15) is 4.79 Å². The van der Waals surface area contributed by atoms with Crippen LogP contribution < -0.4 is 0 Å². The molecule has 28 heavy (non-hydrogen) atoms. The summed E-state index contributed by atoms with van der Waals surface area (Å²) in [7, 11) is 0. The first-order valence-electron chi connectivity index (χ1n) is 10.9. The summed E-state index contributed by atoms with van der Waals surface area (Å²) in [6, 6.07) is 11.0. The topological polar surface area (TPSA) is 26.8 Å². The Morgan fingerprint density at radius 3 is 2.50 bits per heavy atom. The number of likely N-dealkylation sites (N-methyl/N-ethyl adjacent to an activating group) is 1. The van der Waals surface area contributed by atoms with Crippen LogP contribution in [0.1, 0.15) is 37.5 Å². The van der Waals surface area contributed by atoms with Crippen molar-refractivity contribution in [3.63, 3.8) is 0 Å². The van der Waals surface area contributed by atoms with Gasteiger partial charge in [0, 0.05) is 48.7 Å². The number of piperidine rings is 1. The largest absolute Gasteiger partial charge is 0.340 e. The van der Waals surface area contributed by atoms with Crippen LogP contribution in [0.15, 0.2) is 30.3 Å². The van der Waals surface area contributed by atoms with Gasteiger partial charge < -0.3 is 9.80 Å². The quantitative estimate of drug-likeness (QED) is 0.733. The number of nitrogens with zero attached hydrogens (tertiary/aromatic N) is 3. The summed E-state index contributed by atoms with van der Waals surface area (Å²) < 4.78 is 1.39. The van der Waals surface area contributed by atoms with Crippen LogP contribution in [-0.4, -0.2) is 66.4 Å². The first-order valence-corrected chi connectivity index (χ1v) is 11.7. The van der Waals surface area contributed by atoms with Crippen LogP contribution in [0.5, 0.6) is 0 Å². The van der Waals surface area contributed by atoms with Crippen molar-refractivity contribution < 1.29 is 4.79 Å². The van der Waals surface area contributed by atoms with Crippen molar-refractivity contribution in [1.82, 2.24) is 14.7 Å². The lowest BCUT2D eigenvalue weighted by atomic mass is 9.92. The summed E-state index contributed by atoms with van der Waals surface area (Å²) in [5.41, 5.74) is 0. The normalized spacial score (nSPS) is 20.1. The molecule has 2 aliphatic heterocycles. The van der Waals surface area contributed by atoms with Crippen molar-refractivity contribution in [3.8, 4) is 0 Å². The van der Waals surface area contributed by atoms with Gasteiger partial charge in [-0.15, -0.1) is 11.3 Å². The first kappa shape index (κ1) is 19.9. The van der Waals surface area contributed by atoms with E-state index < -0.39 is 0 Å². The average molecular weight is 400 g/mol. The number of likely N-dealkylation sites (tertiary alicyclic amines) is 1. The van der Waals surface area contributed by atoms with Crippen molar-refractivity contribution in [3.05, 3.63) is 35.2 Å². The van der Waals surface area contributed by atoms with E-state index >= 15 is 0 Å². The standard InChI is InChI=1S/C23H33N3OS/c1-2-24-13-15-26(16-14-24)23(27)8-7-19-9-11-25(12-10-19)18-21-17-20-5-3-4-6-22(20)28-21/h3-6,17,19H,2,7-16,18H2,1H3. The Labute approximate surface area is 173 Å². The van der Waals surface area contributed by atoms with Gasteiger partial charge in [-0.2, -0.15) is 0 Å². The Balaban J connectivity index is 1.17. The lowest BCUT2D eigenvalue weighted by Gasteiger charge is -2.35. The molecule has 5 heteroatoms. The second-order valence-electron chi connectivity index (χ2n) is 8.32. The second-order valence-corrected chi connectivity index (χ2v) is 9.49. The molecule has 0 N–H and O–H groups in total. The fraction of sp³-hybridized carbons (Fsp3) is 0.609. The molecular formula is C23H33N3OS. The number of thiophene rings is 1. The molecule has 0 saturated carbocycles. The minimum Gasteiger partial charge on any atom is -0.340 e. The molecule has 2 fully saturated rings. The molecule has 4 nitrogen and oxygen atoms in total. The van der Waals surface area contributed by atoms with Gasteiger partial charge in [-0.1, -0.05) is 25.1 Å². The van der Waals surface area contributed by atoms with Gasteiger partial charge >= 0.3 is 0 Å². The monoisotopic (exact) mass is 399 g/mol. The van der Waals surface area contributed by atoms with Gasteiger partial charge in [0.15, 0.2) is 0 Å². The Morgan fingerprint density at radius 2 is 1.79 bits per heavy atom. The Kier molecular flexibility index (Phi) is 6.65. The molecule has 0 radical (unpaired) electrons. The summed E-state index contributed by atoms with van der Waals surface area (Å²) in [4.78, 5) is 21.1.